The lowest BCUT2D eigenvalue weighted by molar-refractivity contribution is -0.141. The van der Waals surface area contributed by atoms with Crippen LogP contribution in [0.4, 0.5) is 4.79 Å². The van der Waals surface area contributed by atoms with Gasteiger partial charge in [-0.2, -0.15) is 0 Å². The number of hydrogen-bond acceptors (Lipinski definition) is 4. The minimum Gasteiger partial charge on any atom is -0.480 e. The molecule has 0 aromatic rings. The van der Waals surface area contributed by atoms with Crippen molar-refractivity contribution >= 4 is 12.1 Å². The first-order valence-electron chi connectivity index (χ1n) is 5.61. The molecule has 0 aromatic heterocycles. The second-order valence-electron chi connectivity index (χ2n) is 5.37. The molecule has 1 heterocycles. The van der Waals surface area contributed by atoms with Crippen LogP contribution in [-0.4, -0.2) is 53.3 Å². The molecule has 6 heteroatoms. The molecule has 6 nitrogen and oxygen atoms in total. The van der Waals surface area contributed by atoms with E-state index in [2.05, 4.69) is 5.32 Å². The predicted octanol–water partition coefficient (Wildman–Crippen LogP) is 0.668. The summed E-state index contributed by atoms with van der Waals surface area (Å²) in [5.41, 5.74) is -0.541. The molecule has 2 atom stereocenters. The van der Waals surface area contributed by atoms with Gasteiger partial charge in [0, 0.05) is 12.6 Å². The Morgan fingerprint density at radius 3 is 2.41 bits per heavy atom. The smallest absolute Gasteiger partial charge is 0.407 e. The van der Waals surface area contributed by atoms with Crippen molar-refractivity contribution in [3.63, 3.8) is 0 Å². The number of likely N-dealkylation sites (N-methyl/N-ethyl adjacent to an activating group) is 1. The average Bonchev–Trinajstić information content (AvgIpc) is 2.42. The van der Waals surface area contributed by atoms with Crippen LogP contribution in [0.1, 0.15) is 27.2 Å². The molecule has 0 aliphatic carbocycles. The van der Waals surface area contributed by atoms with E-state index in [1.54, 1.807) is 32.7 Å². The first kappa shape index (κ1) is 13.8. The molecule has 0 bridgehead atoms. The Bertz CT molecular complexity index is 311. The van der Waals surface area contributed by atoms with Crippen LogP contribution in [0, 0.1) is 0 Å². The fourth-order valence-electron chi connectivity index (χ4n) is 1.87. The lowest BCUT2D eigenvalue weighted by Crippen LogP contribution is -2.40. The van der Waals surface area contributed by atoms with Gasteiger partial charge in [-0.1, -0.05) is 0 Å². The van der Waals surface area contributed by atoms with Gasteiger partial charge < -0.3 is 15.2 Å². The number of carboxylic acid groups (broad SMARTS) is 1. The van der Waals surface area contributed by atoms with Crippen molar-refractivity contribution in [1.29, 1.82) is 0 Å². The molecule has 1 fully saturated rings. The topological polar surface area (TPSA) is 78.9 Å². The average molecular weight is 244 g/mol. The maximum Gasteiger partial charge on any atom is 0.407 e. The Labute approximate surface area is 101 Å². The van der Waals surface area contributed by atoms with Crippen LogP contribution < -0.4 is 5.32 Å². The predicted molar refractivity (Wildman–Crippen MR) is 61.8 cm³/mol. The number of likely N-dealkylation sites (tertiary alicyclic amines) is 1. The molecule has 1 saturated heterocycles. The highest BCUT2D eigenvalue weighted by Crippen LogP contribution is 2.16. The lowest BCUT2D eigenvalue weighted by atomic mass is 10.2. The molecular weight excluding hydrogens is 224 g/mol. The summed E-state index contributed by atoms with van der Waals surface area (Å²) in [6, 6.07) is -0.703. The van der Waals surface area contributed by atoms with Crippen molar-refractivity contribution in [1.82, 2.24) is 10.2 Å². The maximum absolute atomic E-state index is 11.5. The first-order valence-corrected chi connectivity index (χ1v) is 5.61. The molecule has 1 rings (SSSR count). The van der Waals surface area contributed by atoms with E-state index in [4.69, 9.17) is 9.84 Å². The number of rotatable bonds is 2. The van der Waals surface area contributed by atoms with Crippen LogP contribution in [0.2, 0.25) is 0 Å². The quantitative estimate of drug-likeness (QED) is 0.746. The maximum atomic E-state index is 11.5. The number of nitrogens with one attached hydrogen (secondary N) is 1. The van der Waals surface area contributed by atoms with Crippen molar-refractivity contribution in [3.05, 3.63) is 0 Å². The van der Waals surface area contributed by atoms with Crippen molar-refractivity contribution < 1.29 is 19.4 Å². The SMILES string of the molecule is CN1C[C@H](NC(=O)OC(C)(C)C)C[C@H]1C(=O)O. The van der Waals surface area contributed by atoms with E-state index >= 15 is 0 Å². The van der Waals surface area contributed by atoms with Crippen LogP contribution in [0.5, 0.6) is 0 Å². The van der Waals surface area contributed by atoms with Crippen molar-refractivity contribution in [2.24, 2.45) is 0 Å². The number of hydrogen-bond donors (Lipinski definition) is 2. The zero-order valence-electron chi connectivity index (χ0n) is 10.7. The van der Waals surface area contributed by atoms with Gasteiger partial charge in [0.25, 0.3) is 0 Å². The zero-order valence-corrected chi connectivity index (χ0v) is 10.7. The minimum absolute atomic E-state index is 0.170. The van der Waals surface area contributed by atoms with Gasteiger partial charge in [0.2, 0.25) is 0 Å². The van der Waals surface area contributed by atoms with Crippen LogP contribution in [0.25, 0.3) is 0 Å². The summed E-state index contributed by atoms with van der Waals surface area (Å²) in [4.78, 5) is 24.1. The number of aliphatic carboxylic acids is 1. The first-order chi connectivity index (χ1) is 7.69. The second kappa shape index (κ2) is 4.91. The van der Waals surface area contributed by atoms with Gasteiger partial charge in [0.15, 0.2) is 0 Å². The van der Waals surface area contributed by atoms with E-state index in [0.717, 1.165) is 0 Å². The normalized spacial score (nSPS) is 25.6. The van der Waals surface area contributed by atoms with Crippen LogP contribution in [0.15, 0.2) is 0 Å². The Balaban J connectivity index is 2.45. The summed E-state index contributed by atoms with van der Waals surface area (Å²) in [6.45, 7) is 5.88. The number of carboxylic acids is 1. The molecule has 1 aliphatic rings. The third-order valence-corrected chi connectivity index (χ3v) is 2.55. The Kier molecular flexibility index (Phi) is 3.98. The van der Waals surface area contributed by atoms with Crippen LogP contribution in [-0.2, 0) is 9.53 Å². The second-order valence-corrected chi connectivity index (χ2v) is 5.37. The fourth-order valence-corrected chi connectivity index (χ4v) is 1.87. The van der Waals surface area contributed by atoms with Crippen LogP contribution >= 0.6 is 0 Å². The van der Waals surface area contributed by atoms with E-state index in [-0.39, 0.29) is 6.04 Å². The largest absolute Gasteiger partial charge is 0.480 e. The highest BCUT2D eigenvalue weighted by atomic mass is 16.6. The van der Waals surface area contributed by atoms with E-state index in [1.807, 2.05) is 0 Å². The molecule has 1 amide bonds. The highest BCUT2D eigenvalue weighted by Gasteiger charge is 2.35. The van der Waals surface area contributed by atoms with Crippen molar-refractivity contribution in [2.75, 3.05) is 13.6 Å². The molecule has 0 radical (unpaired) electrons. The van der Waals surface area contributed by atoms with E-state index < -0.39 is 23.7 Å². The number of amides is 1. The summed E-state index contributed by atoms with van der Waals surface area (Å²) in [7, 11) is 1.73. The summed E-state index contributed by atoms with van der Waals surface area (Å²) in [5, 5.41) is 11.6. The minimum atomic E-state index is -0.860. The third kappa shape index (κ3) is 4.22. The van der Waals surface area contributed by atoms with Crippen molar-refractivity contribution in [2.45, 2.75) is 44.9 Å². The molecule has 17 heavy (non-hydrogen) atoms. The van der Waals surface area contributed by atoms with Gasteiger partial charge in [0.05, 0.1) is 0 Å². The lowest BCUT2D eigenvalue weighted by Gasteiger charge is -2.21. The number of alkyl carbamates (subject to hydrolysis) is 1. The molecule has 0 aromatic carbocycles. The summed E-state index contributed by atoms with van der Waals surface area (Å²) >= 11 is 0. The molecule has 0 spiro atoms. The standard InChI is InChI=1S/C11H20N2O4/c1-11(2,3)17-10(16)12-7-5-8(9(14)15)13(4)6-7/h7-8H,5-6H2,1-4H3,(H,12,16)(H,14,15)/t7-,8+/m1/s1. The third-order valence-electron chi connectivity index (χ3n) is 2.55. The van der Waals surface area contributed by atoms with Gasteiger partial charge in [-0.3, -0.25) is 9.69 Å². The van der Waals surface area contributed by atoms with Crippen molar-refractivity contribution in [3.8, 4) is 0 Å². The molecule has 98 valence electrons. The van der Waals surface area contributed by atoms with Gasteiger partial charge in [-0.05, 0) is 34.2 Å². The summed E-state index contributed by atoms with van der Waals surface area (Å²) in [5.74, 6) is -0.860. The Morgan fingerprint density at radius 2 is 2.00 bits per heavy atom. The van der Waals surface area contributed by atoms with E-state index in [0.29, 0.717) is 13.0 Å². The highest BCUT2D eigenvalue weighted by molar-refractivity contribution is 5.74. The van der Waals surface area contributed by atoms with E-state index in [9.17, 15) is 9.59 Å². The fraction of sp³-hybridized carbons (Fsp3) is 0.818. The molecule has 1 aliphatic heterocycles. The van der Waals surface area contributed by atoms with Gasteiger partial charge in [-0.15, -0.1) is 0 Å². The molecule has 0 unspecified atom stereocenters. The Hall–Kier alpha value is -1.30. The Morgan fingerprint density at radius 1 is 1.41 bits per heavy atom. The number of carbonyl (C=O) groups excluding carboxylic acids is 1. The molecular formula is C11H20N2O4. The van der Waals surface area contributed by atoms with Gasteiger partial charge in [-0.25, -0.2) is 4.79 Å². The van der Waals surface area contributed by atoms with Crippen LogP contribution in [0.3, 0.4) is 0 Å². The molecule has 0 saturated carbocycles. The monoisotopic (exact) mass is 244 g/mol. The summed E-state index contributed by atoms with van der Waals surface area (Å²) < 4.78 is 5.11. The number of carbonyl (C=O) groups is 2. The number of nitrogens with zero attached hydrogens (tertiary/aromatic N) is 1. The van der Waals surface area contributed by atoms with Gasteiger partial charge >= 0.3 is 12.1 Å². The molecule has 2 N–H and O–H groups in total. The van der Waals surface area contributed by atoms with E-state index in [1.165, 1.54) is 0 Å². The number of ether oxygens (including phenoxy) is 1. The van der Waals surface area contributed by atoms with Gasteiger partial charge in [0.1, 0.15) is 11.6 Å². The zero-order chi connectivity index (χ0) is 13.2. The summed E-state index contributed by atoms with van der Waals surface area (Å²) in [6.07, 6.45) is -0.0904.